The van der Waals surface area contributed by atoms with Crippen LogP contribution in [0.2, 0.25) is 0 Å². The van der Waals surface area contributed by atoms with Gasteiger partial charge in [-0.3, -0.25) is 0 Å². The second-order valence-electron chi connectivity index (χ2n) is 5.23. The van der Waals surface area contributed by atoms with E-state index in [2.05, 4.69) is 9.72 Å². The first kappa shape index (κ1) is 15.3. The van der Waals surface area contributed by atoms with Crippen LogP contribution < -0.4 is 4.90 Å². The van der Waals surface area contributed by atoms with E-state index in [1.165, 1.54) is 13.3 Å². The van der Waals surface area contributed by atoms with E-state index < -0.39 is 17.5 Å². The highest BCUT2D eigenvalue weighted by atomic mass is 16.5. The monoisotopic (exact) mass is 292 g/mol. The minimum absolute atomic E-state index is 0.192. The highest BCUT2D eigenvalue weighted by molar-refractivity contribution is 5.89. The van der Waals surface area contributed by atoms with Gasteiger partial charge in [-0.2, -0.15) is 0 Å². The first-order valence-corrected chi connectivity index (χ1v) is 7.10. The van der Waals surface area contributed by atoms with Crippen molar-refractivity contribution in [2.75, 3.05) is 18.6 Å². The molecule has 1 fully saturated rings. The van der Waals surface area contributed by atoms with Gasteiger partial charge in [0.05, 0.1) is 7.11 Å². The zero-order chi connectivity index (χ0) is 15.5. The molecule has 21 heavy (non-hydrogen) atoms. The highest BCUT2D eigenvalue weighted by Gasteiger charge is 2.47. The van der Waals surface area contributed by atoms with E-state index in [4.69, 9.17) is 0 Å². The Labute approximate surface area is 123 Å². The molecule has 0 spiro atoms. The first-order chi connectivity index (χ1) is 10.0. The maximum absolute atomic E-state index is 11.8. The Morgan fingerprint density at radius 1 is 1.52 bits per heavy atom. The van der Waals surface area contributed by atoms with Crippen LogP contribution in [0.5, 0.6) is 0 Å². The molecule has 1 aromatic heterocycles. The Hall–Kier alpha value is -2.11. The number of carboxylic acids is 1. The van der Waals surface area contributed by atoms with Crippen LogP contribution in [-0.2, 0) is 9.53 Å². The van der Waals surface area contributed by atoms with Crippen LogP contribution >= 0.6 is 0 Å². The molecule has 1 atom stereocenters. The summed E-state index contributed by atoms with van der Waals surface area (Å²) in [7, 11) is 1.30. The quantitative estimate of drug-likeness (QED) is 0.837. The number of carbonyl (C=O) groups is 2. The number of carbonyl (C=O) groups excluding carboxylic acids is 1. The van der Waals surface area contributed by atoms with Crippen molar-refractivity contribution in [2.24, 2.45) is 0 Å². The van der Waals surface area contributed by atoms with E-state index in [0.29, 0.717) is 25.1 Å². The minimum atomic E-state index is -0.885. The van der Waals surface area contributed by atoms with E-state index in [-0.39, 0.29) is 5.69 Å². The van der Waals surface area contributed by atoms with Gasteiger partial charge in [0.1, 0.15) is 11.2 Å². The molecule has 2 rings (SSSR count). The molecule has 6 nitrogen and oxygen atoms in total. The molecule has 1 aliphatic rings. The average Bonchev–Trinajstić information content (AvgIpc) is 2.92. The van der Waals surface area contributed by atoms with Gasteiger partial charge < -0.3 is 14.7 Å². The zero-order valence-electron chi connectivity index (χ0n) is 12.3. The summed E-state index contributed by atoms with van der Waals surface area (Å²) in [6.07, 6.45) is 4.32. The number of aliphatic carboxylic acids is 1. The smallest absolute Gasteiger partial charge is 0.356 e. The predicted molar refractivity (Wildman–Crippen MR) is 77.4 cm³/mol. The normalized spacial score (nSPS) is 21.3. The topological polar surface area (TPSA) is 79.7 Å². The molecule has 1 saturated heterocycles. The van der Waals surface area contributed by atoms with E-state index in [0.717, 1.165) is 12.8 Å². The lowest BCUT2D eigenvalue weighted by atomic mass is 9.90. The zero-order valence-corrected chi connectivity index (χ0v) is 12.3. The largest absolute Gasteiger partial charge is 0.479 e. The molecule has 114 valence electrons. The SMILES string of the molecule is CCCC1(C(=O)O)CCCN1c1ccnc(C(=O)OC)c1. The third-order valence-electron chi connectivity index (χ3n) is 4.00. The number of ether oxygens (including phenoxy) is 1. The lowest BCUT2D eigenvalue weighted by Crippen LogP contribution is -2.50. The molecule has 0 radical (unpaired) electrons. The van der Waals surface area contributed by atoms with Crippen LogP contribution in [0, 0.1) is 0 Å². The Morgan fingerprint density at radius 3 is 2.90 bits per heavy atom. The number of nitrogens with zero attached hydrogens (tertiary/aromatic N) is 2. The average molecular weight is 292 g/mol. The number of hydrogen-bond donors (Lipinski definition) is 1. The van der Waals surface area contributed by atoms with E-state index in [1.54, 1.807) is 12.1 Å². The van der Waals surface area contributed by atoms with Gasteiger partial charge in [0.15, 0.2) is 0 Å². The van der Waals surface area contributed by atoms with Gasteiger partial charge in [-0.15, -0.1) is 0 Å². The van der Waals surface area contributed by atoms with Crippen molar-refractivity contribution in [3.63, 3.8) is 0 Å². The molecule has 0 saturated carbocycles. The van der Waals surface area contributed by atoms with Crippen molar-refractivity contribution in [1.82, 2.24) is 4.98 Å². The number of rotatable bonds is 5. The Balaban J connectivity index is 2.39. The lowest BCUT2D eigenvalue weighted by Gasteiger charge is -2.36. The second kappa shape index (κ2) is 6.11. The lowest BCUT2D eigenvalue weighted by molar-refractivity contribution is -0.143. The van der Waals surface area contributed by atoms with E-state index in [1.807, 2.05) is 11.8 Å². The van der Waals surface area contributed by atoms with Crippen LogP contribution in [0.3, 0.4) is 0 Å². The van der Waals surface area contributed by atoms with Crippen molar-refractivity contribution in [2.45, 2.75) is 38.1 Å². The summed E-state index contributed by atoms with van der Waals surface area (Å²) >= 11 is 0. The fourth-order valence-corrected chi connectivity index (χ4v) is 3.06. The van der Waals surface area contributed by atoms with Crippen molar-refractivity contribution < 1.29 is 19.4 Å². The summed E-state index contributed by atoms with van der Waals surface area (Å²) < 4.78 is 4.66. The molecule has 2 heterocycles. The van der Waals surface area contributed by atoms with E-state index >= 15 is 0 Å². The summed E-state index contributed by atoms with van der Waals surface area (Å²) in [4.78, 5) is 29.3. The van der Waals surface area contributed by atoms with Crippen LogP contribution in [0.1, 0.15) is 43.1 Å². The number of aromatic nitrogens is 1. The van der Waals surface area contributed by atoms with Gasteiger partial charge in [-0.1, -0.05) is 13.3 Å². The summed E-state index contributed by atoms with van der Waals surface area (Å²) in [5, 5.41) is 9.70. The van der Waals surface area contributed by atoms with Crippen LogP contribution in [0.15, 0.2) is 18.3 Å². The van der Waals surface area contributed by atoms with Gasteiger partial charge in [-0.05, 0) is 31.4 Å². The van der Waals surface area contributed by atoms with Crippen LogP contribution in [0.4, 0.5) is 5.69 Å². The minimum Gasteiger partial charge on any atom is -0.479 e. The number of carboxylic acid groups (broad SMARTS) is 1. The molecule has 1 aliphatic heterocycles. The summed E-state index contributed by atoms with van der Waals surface area (Å²) in [5.41, 5.74) is 0.0141. The van der Waals surface area contributed by atoms with Crippen molar-refractivity contribution in [3.8, 4) is 0 Å². The molecular formula is C15H20N2O4. The molecule has 1 unspecified atom stereocenters. The Morgan fingerprint density at radius 2 is 2.29 bits per heavy atom. The molecule has 0 aliphatic carbocycles. The highest BCUT2D eigenvalue weighted by Crippen LogP contribution is 2.38. The molecule has 1 aromatic rings. The second-order valence-corrected chi connectivity index (χ2v) is 5.23. The number of hydrogen-bond acceptors (Lipinski definition) is 5. The van der Waals surface area contributed by atoms with Gasteiger partial charge in [0.25, 0.3) is 0 Å². The molecule has 0 aromatic carbocycles. The van der Waals surface area contributed by atoms with Gasteiger partial charge in [-0.25, -0.2) is 14.6 Å². The fourth-order valence-electron chi connectivity index (χ4n) is 3.06. The predicted octanol–water partition coefficient (Wildman–Crippen LogP) is 2.09. The van der Waals surface area contributed by atoms with Crippen molar-refractivity contribution >= 4 is 17.6 Å². The molecule has 1 N–H and O–H groups in total. The third-order valence-corrected chi connectivity index (χ3v) is 4.00. The van der Waals surface area contributed by atoms with Crippen LogP contribution in [0.25, 0.3) is 0 Å². The van der Waals surface area contributed by atoms with Gasteiger partial charge >= 0.3 is 11.9 Å². The standard InChI is InChI=1S/C15H20N2O4/c1-3-6-15(14(19)20)7-4-9-17(15)11-5-8-16-12(10-11)13(18)21-2/h5,8,10H,3-4,6-7,9H2,1-2H3,(H,19,20). The fraction of sp³-hybridized carbons (Fsp3) is 0.533. The summed E-state index contributed by atoms with van der Waals surface area (Å²) in [5.74, 6) is -1.33. The number of pyridine rings is 1. The molecular weight excluding hydrogens is 272 g/mol. The first-order valence-electron chi connectivity index (χ1n) is 7.10. The Kier molecular flexibility index (Phi) is 4.45. The number of methoxy groups -OCH3 is 1. The van der Waals surface area contributed by atoms with E-state index in [9.17, 15) is 14.7 Å². The summed E-state index contributed by atoms with van der Waals surface area (Å²) in [6.45, 7) is 2.64. The number of esters is 1. The Bertz CT molecular complexity index is 546. The number of anilines is 1. The molecule has 0 amide bonds. The van der Waals surface area contributed by atoms with Gasteiger partial charge in [0, 0.05) is 18.4 Å². The van der Waals surface area contributed by atoms with Crippen LogP contribution in [-0.4, -0.2) is 41.2 Å². The van der Waals surface area contributed by atoms with Crippen molar-refractivity contribution in [1.29, 1.82) is 0 Å². The van der Waals surface area contributed by atoms with Gasteiger partial charge in [0.2, 0.25) is 0 Å². The molecule has 0 bridgehead atoms. The maximum atomic E-state index is 11.8. The van der Waals surface area contributed by atoms with Crippen molar-refractivity contribution in [3.05, 3.63) is 24.0 Å². The third kappa shape index (κ3) is 2.70. The maximum Gasteiger partial charge on any atom is 0.356 e. The summed E-state index contributed by atoms with van der Waals surface area (Å²) in [6, 6.07) is 3.34. The molecule has 6 heteroatoms.